The Morgan fingerprint density at radius 3 is 1.58 bits per heavy atom. The van der Waals surface area contributed by atoms with Crippen LogP contribution in [0.25, 0.3) is 0 Å². The molecule has 4 aliphatic carbocycles. The molecule has 0 aliphatic heterocycles. The van der Waals surface area contributed by atoms with E-state index in [0.717, 1.165) is 0 Å². The Balaban J connectivity index is 2.46. The van der Waals surface area contributed by atoms with Crippen molar-refractivity contribution in [3.05, 3.63) is 23.3 Å². The van der Waals surface area contributed by atoms with Crippen molar-refractivity contribution in [1.29, 1.82) is 21.0 Å². The molecular formula is C17H10Cl2N4O. The van der Waals surface area contributed by atoms with E-state index in [0.29, 0.717) is 11.1 Å². The first-order chi connectivity index (χ1) is 11.3. The molecule has 0 amide bonds. The van der Waals surface area contributed by atoms with Gasteiger partial charge < -0.3 is 0 Å². The Kier molecular flexibility index (Phi) is 3.34. The Labute approximate surface area is 149 Å². The van der Waals surface area contributed by atoms with Crippen molar-refractivity contribution in [3.8, 4) is 24.3 Å². The van der Waals surface area contributed by atoms with Gasteiger partial charge in [0.05, 0.1) is 24.3 Å². The fourth-order valence-corrected chi connectivity index (χ4v) is 5.08. The number of fused-ring (bicyclic) bond motifs is 1. The van der Waals surface area contributed by atoms with Crippen molar-refractivity contribution < 1.29 is 4.79 Å². The molecule has 0 unspecified atom stereocenters. The first-order valence-corrected chi connectivity index (χ1v) is 8.05. The number of carbonyl (C=O) groups excluding carboxylic acids is 1. The molecule has 1 fully saturated rings. The smallest absolute Gasteiger partial charge is 0.204 e. The molecule has 4 rings (SSSR count). The van der Waals surface area contributed by atoms with E-state index in [9.17, 15) is 25.8 Å². The van der Waals surface area contributed by atoms with Crippen molar-refractivity contribution in [1.82, 2.24) is 0 Å². The number of rotatable bonds is 0. The van der Waals surface area contributed by atoms with Crippen LogP contribution in [0.3, 0.4) is 0 Å². The predicted molar refractivity (Wildman–Crippen MR) is 84.1 cm³/mol. The van der Waals surface area contributed by atoms with Crippen LogP contribution >= 0.6 is 23.2 Å². The van der Waals surface area contributed by atoms with Crippen LogP contribution in [0.4, 0.5) is 0 Å². The van der Waals surface area contributed by atoms with E-state index in [2.05, 4.69) is 0 Å². The quantitative estimate of drug-likeness (QED) is 0.488. The number of nitrogens with zero attached hydrogens (tertiary/aromatic N) is 4. The van der Waals surface area contributed by atoms with Gasteiger partial charge in [-0.3, -0.25) is 4.79 Å². The second-order valence-electron chi connectivity index (χ2n) is 6.25. The van der Waals surface area contributed by atoms with Crippen LogP contribution in [0.1, 0.15) is 25.7 Å². The fraction of sp³-hybridized carbons (Fsp3) is 0.471. The first-order valence-electron chi connectivity index (χ1n) is 7.30. The first kappa shape index (κ1) is 16.5. The molecule has 0 heterocycles. The maximum atomic E-state index is 11.8. The summed E-state index contributed by atoms with van der Waals surface area (Å²) in [6.07, 6.45) is 3.91. The van der Waals surface area contributed by atoms with E-state index in [1.54, 1.807) is 0 Å². The van der Waals surface area contributed by atoms with Gasteiger partial charge in [0.2, 0.25) is 10.8 Å². The van der Waals surface area contributed by atoms with E-state index in [1.165, 1.54) is 12.2 Å². The number of ketones is 1. The van der Waals surface area contributed by atoms with Crippen LogP contribution in [0.5, 0.6) is 0 Å². The predicted octanol–water partition coefficient (Wildman–Crippen LogP) is 3.03. The fourth-order valence-electron chi connectivity index (χ4n) is 4.07. The molecule has 0 aromatic rings. The largest absolute Gasteiger partial charge is 0.300 e. The van der Waals surface area contributed by atoms with Crippen LogP contribution in [-0.2, 0) is 4.79 Å². The molecule has 0 atom stereocenters. The van der Waals surface area contributed by atoms with Crippen LogP contribution in [-0.4, -0.2) is 15.5 Å². The summed E-state index contributed by atoms with van der Waals surface area (Å²) in [4.78, 5) is 8.57. The monoisotopic (exact) mass is 356 g/mol. The molecule has 118 valence electrons. The van der Waals surface area contributed by atoms with Gasteiger partial charge in [-0.25, -0.2) is 0 Å². The molecule has 4 aliphatic rings. The van der Waals surface area contributed by atoms with Gasteiger partial charge in [0.1, 0.15) is 15.5 Å². The number of hydrogen-bond acceptors (Lipinski definition) is 5. The summed E-state index contributed by atoms with van der Waals surface area (Å²) in [7, 11) is 0. The SMILES string of the molecule is N#CC1(C#N)C2(Cl)C=C3CCC(=O)CCC(=C2)C3(Cl)C1(C#N)C#N. The number of carbonyl (C=O) groups is 1. The van der Waals surface area contributed by atoms with Crippen molar-refractivity contribution in [2.24, 2.45) is 10.8 Å². The van der Waals surface area contributed by atoms with Crippen molar-refractivity contribution in [3.63, 3.8) is 0 Å². The number of nitriles is 4. The van der Waals surface area contributed by atoms with E-state index in [1.807, 2.05) is 24.3 Å². The summed E-state index contributed by atoms with van der Waals surface area (Å²) in [5.41, 5.74) is -3.38. The summed E-state index contributed by atoms with van der Waals surface area (Å²) < 4.78 is 0. The van der Waals surface area contributed by atoms with Gasteiger partial charge >= 0.3 is 0 Å². The summed E-state index contributed by atoms with van der Waals surface area (Å²) >= 11 is 13.5. The lowest BCUT2D eigenvalue weighted by molar-refractivity contribution is -0.119. The van der Waals surface area contributed by atoms with Gasteiger partial charge in [0, 0.05) is 12.8 Å². The standard InChI is InChI=1S/C17H10Cl2N4O/c18-16-5-11-1-3-13(24)4-2-12(6-16)17(11,19)15(9-22,10-23)14(16,7-20)8-21/h5-6H,1-4H2. The highest BCUT2D eigenvalue weighted by Gasteiger charge is 2.79. The van der Waals surface area contributed by atoms with Gasteiger partial charge in [-0.2, -0.15) is 21.0 Å². The molecule has 0 N–H and O–H groups in total. The van der Waals surface area contributed by atoms with Crippen molar-refractivity contribution in [2.45, 2.75) is 35.4 Å². The Morgan fingerprint density at radius 1 is 0.792 bits per heavy atom. The maximum Gasteiger partial charge on any atom is 0.204 e. The third kappa shape index (κ3) is 1.46. The zero-order valence-electron chi connectivity index (χ0n) is 12.4. The Hall–Kier alpha value is -2.31. The molecule has 0 aromatic heterocycles. The summed E-state index contributed by atoms with van der Waals surface area (Å²) in [5.74, 6) is 0.0551. The zero-order valence-corrected chi connectivity index (χ0v) is 13.9. The zero-order chi connectivity index (χ0) is 17.8. The average Bonchev–Trinajstić information content (AvgIpc) is 2.58. The van der Waals surface area contributed by atoms with Crippen LogP contribution in [0.15, 0.2) is 23.3 Å². The number of hydrogen-bond donors (Lipinski definition) is 0. The third-order valence-electron chi connectivity index (χ3n) is 5.32. The van der Waals surface area contributed by atoms with E-state index in [-0.39, 0.29) is 31.5 Å². The Morgan fingerprint density at radius 2 is 1.21 bits per heavy atom. The minimum absolute atomic E-state index is 0.0551. The lowest BCUT2D eigenvalue weighted by Gasteiger charge is -2.58. The number of halogens is 2. The third-order valence-corrected chi connectivity index (χ3v) is 6.60. The van der Waals surface area contributed by atoms with Crippen molar-refractivity contribution in [2.75, 3.05) is 0 Å². The van der Waals surface area contributed by atoms with Crippen LogP contribution < -0.4 is 0 Å². The minimum atomic E-state index is -2.17. The molecule has 0 radical (unpaired) electrons. The molecule has 24 heavy (non-hydrogen) atoms. The van der Waals surface area contributed by atoms with Crippen LogP contribution in [0.2, 0.25) is 0 Å². The molecule has 4 bridgehead atoms. The van der Waals surface area contributed by atoms with E-state index < -0.39 is 20.6 Å². The molecule has 5 nitrogen and oxygen atoms in total. The summed E-state index contributed by atoms with van der Waals surface area (Å²) in [6.45, 7) is 0. The minimum Gasteiger partial charge on any atom is -0.300 e. The number of alkyl halides is 2. The van der Waals surface area contributed by atoms with Gasteiger partial charge in [-0.05, 0) is 24.0 Å². The summed E-state index contributed by atoms with van der Waals surface area (Å²) in [6, 6.07) is 7.34. The Bertz CT molecular complexity index is 832. The second kappa shape index (κ2) is 4.84. The lowest BCUT2D eigenvalue weighted by Crippen LogP contribution is -2.68. The maximum absolute atomic E-state index is 11.8. The van der Waals surface area contributed by atoms with E-state index >= 15 is 0 Å². The van der Waals surface area contributed by atoms with E-state index in [4.69, 9.17) is 23.2 Å². The van der Waals surface area contributed by atoms with Gasteiger partial charge in [-0.15, -0.1) is 23.2 Å². The van der Waals surface area contributed by atoms with Gasteiger partial charge in [0.25, 0.3) is 0 Å². The second-order valence-corrected chi connectivity index (χ2v) is 7.44. The van der Waals surface area contributed by atoms with Gasteiger partial charge in [-0.1, -0.05) is 12.2 Å². The number of allylic oxidation sites excluding steroid dienone is 4. The molecule has 7 heteroatoms. The van der Waals surface area contributed by atoms with Gasteiger partial charge in [0.15, 0.2) is 0 Å². The average molecular weight is 357 g/mol. The molecule has 0 saturated heterocycles. The summed E-state index contributed by atoms with van der Waals surface area (Å²) in [5, 5.41) is 39.2. The molecule has 1 saturated carbocycles. The normalized spacial score (nSPS) is 27.0. The number of Topliss-reactive ketones (excluding diaryl/α,β-unsaturated/α-hetero) is 1. The lowest BCUT2D eigenvalue weighted by atomic mass is 9.44. The van der Waals surface area contributed by atoms with Crippen molar-refractivity contribution >= 4 is 29.0 Å². The molecule has 0 aromatic carbocycles. The highest BCUT2D eigenvalue weighted by molar-refractivity contribution is 6.34. The van der Waals surface area contributed by atoms with Crippen LogP contribution in [0, 0.1) is 56.2 Å². The molecule has 0 spiro atoms. The highest BCUT2D eigenvalue weighted by Crippen LogP contribution is 2.70. The topological polar surface area (TPSA) is 112 Å². The molecular weight excluding hydrogens is 347 g/mol. The highest BCUT2D eigenvalue weighted by atomic mass is 35.5.